The number of amides is 2. The van der Waals surface area contributed by atoms with Crippen molar-refractivity contribution >= 4 is 23.3 Å². The lowest BCUT2D eigenvalue weighted by Crippen LogP contribution is -2.46. The molecule has 2 aromatic rings. The summed E-state index contributed by atoms with van der Waals surface area (Å²) in [5.74, 6) is -0.902. The van der Waals surface area contributed by atoms with Gasteiger partial charge in [0.1, 0.15) is 12.1 Å². The van der Waals surface area contributed by atoms with Crippen molar-refractivity contribution in [3.05, 3.63) is 52.5 Å². The van der Waals surface area contributed by atoms with Gasteiger partial charge in [-0.05, 0) is 23.6 Å². The number of para-hydroxylation sites is 1. The fraction of sp³-hybridized carbons (Fsp3) is 0.333. The van der Waals surface area contributed by atoms with E-state index in [0.29, 0.717) is 6.54 Å². The Morgan fingerprint density at radius 1 is 1.31 bits per heavy atom. The molecule has 1 fully saturated rings. The predicted octanol–water partition coefficient (Wildman–Crippen LogP) is 2.79. The van der Waals surface area contributed by atoms with Crippen molar-refractivity contribution in [1.82, 2.24) is 10.2 Å². The molecule has 1 aliphatic rings. The zero-order valence-corrected chi connectivity index (χ0v) is 15.0. The minimum atomic E-state index is -0.764. The molecular weight excluding hydrogens is 359 g/mol. The minimum Gasteiger partial charge on any atom is -0.485 e. The van der Waals surface area contributed by atoms with Gasteiger partial charge in [-0.25, -0.2) is 14.0 Å². The lowest BCUT2D eigenvalue weighted by molar-refractivity contribution is -0.145. The van der Waals surface area contributed by atoms with Crippen LogP contribution >= 0.6 is 11.3 Å². The van der Waals surface area contributed by atoms with E-state index in [9.17, 15) is 14.0 Å². The van der Waals surface area contributed by atoms with Crippen molar-refractivity contribution < 1.29 is 23.5 Å². The molecule has 26 heavy (non-hydrogen) atoms. The van der Waals surface area contributed by atoms with Crippen molar-refractivity contribution in [2.75, 3.05) is 13.7 Å². The third-order valence-corrected chi connectivity index (χ3v) is 5.00. The summed E-state index contributed by atoms with van der Waals surface area (Å²) >= 11 is 1.53. The maximum atomic E-state index is 13.8. The summed E-state index contributed by atoms with van der Waals surface area (Å²) in [5.41, 5.74) is 0. The Bertz CT molecular complexity index is 768. The molecule has 2 heterocycles. The van der Waals surface area contributed by atoms with Gasteiger partial charge in [0, 0.05) is 11.3 Å². The number of thiophene rings is 1. The van der Waals surface area contributed by atoms with Crippen LogP contribution in [-0.4, -0.2) is 42.7 Å². The highest BCUT2D eigenvalue weighted by molar-refractivity contribution is 7.09. The number of halogens is 1. The maximum absolute atomic E-state index is 13.8. The Labute approximate surface area is 154 Å². The SMILES string of the molecule is COC(=O)[C@H]1C[C@@H](Oc2ccccc2F)CN1C(=O)NCc1cccs1. The number of rotatable bonds is 5. The number of hydrogen-bond acceptors (Lipinski definition) is 5. The fourth-order valence-corrected chi connectivity index (χ4v) is 3.51. The second kappa shape index (κ2) is 8.18. The third kappa shape index (κ3) is 4.13. The molecule has 1 N–H and O–H groups in total. The van der Waals surface area contributed by atoms with Crippen LogP contribution in [0.25, 0.3) is 0 Å². The number of hydrogen-bond donors (Lipinski definition) is 1. The molecule has 0 unspecified atom stereocenters. The minimum absolute atomic E-state index is 0.0990. The molecule has 0 spiro atoms. The van der Waals surface area contributed by atoms with E-state index in [2.05, 4.69) is 5.32 Å². The van der Waals surface area contributed by atoms with Gasteiger partial charge in [-0.1, -0.05) is 18.2 Å². The van der Waals surface area contributed by atoms with E-state index in [-0.39, 0.29) is 24.7 Å². The largest absolute Gasteiger partial charge is 0.485 e. The van der Waals surface area contributed by atoms with E-state index in [4.69, 9.17) is 9.47 Å². The van der Waals surface area contributed by atoms with Crippen molar-refractivity contribution in [3.8, 4) is 5.75 Å². The number of ether oxygens (including phenoxy) is 2. The highest BCUT2D eigenvalue weighted by Gasteiger charge is 2.41. The Morgan fingerprint density at radius 3 is 2.81 bits per heavy atom. The first-order valence-electron chi connectivity index (χ1n) is 8.14. The van der Waals surface area contributed by atoms with Gasteiger partial charge in [0.2, 0.25) is 0 Å². The third-order valence-electron chi connectivity index (χ3n) is 4.12. The zero-order chi connectivity index (χ0) is 18.5. The average Bonchev–Trinajstić information content (AvgIpc) is 3.31. The summed E-state index contributed by atoms with van der Waals surface area (Å²) in [7, 11) is 1.27. The summed E-state index contributed by atoms with van der Waals surface area (Å²) < 4.78 is 24.2. The smallest absolute Gasteiger partial charge is 0.328 e. The van der Waals surface area contributed by atoms with Gasteiger partial charge in [-0.15, -0.1) is 11.3 Å². The van der Waals surface area contributed by atoms with Gasteiger partial charge >= 0.3 is 12.0 Å². The summed E-state index contributed by atoms with van der Waals surface area (Å²) in [6.07, 6.45) is -0.253. The first-order valence-corrected chi connectivity index (χ1v) is 9.02. The van der Waals surface area contributed by atoms with Gasteiger partial charge in [0.15, 0.2) is 11.6 Å². The lowest BCUT2D eigenvalue weighted by atomic mass is 10.2. The molecule has 1 saturated heterocycles. The summed E-state index contributed by atoms with van der Waals surface area (Å²) in [6.45, 7) is 0.546. The zero-order valence-electron chi connectivity index (χ0n) is 14.2. The normalized spacial score (nSPS) is 19.2. The number of urea groups is 1. The van der Waals surface area contributed by atoms with Crippen LogP contribution in [-0.2, 0) is 16.1 Å². The van der Waals surface area contributed by atoms with Crippen LogP contribution in [0.2, 0.25) is 0 Å². The van der Waals surface area contributed by atoms with E-state index in [1.165, 1.54) is 35.5 Å². The van der Waals surface area contributed by atoms with E-state index >= 15 is 0 Å². The van der Waals surface area contributed by atoms with Gasteiger partial charge in [0.05, 0.1) is 20.2 Å². The molecule has 1 aromatic carbocycles. The second-order valence-corrected chi connectivity index (χ2v) is 6.87. The molecular formula is C18H19FN2O4S. The molecule has 3 rings (SSSR count). The van der Waals surface area contributed by atoms with Crippen LogP contribution in [0.5, 0.6) is 5.75 Å². The van der Waals surface area contributed by atoms with Crippen LogP contribution in [0, 0.1) is 5.82 Å². The molecule has 0 radical (unpaired) electrons. The molecule has 1 aliphatic heterocycles. The van der Waals surface area contributed by atoms with Gasteiger partial charge in [0.25, 0.3) is 0 Å². The van der Waals surface area contributed by atoms with Gasteiger partial charge < -0.3 is 19.7 Å². The monoisotopic (exact) mass is 378 g/mol. The van der Waals surface area contributed by atoms with Gasteiger partial charge in [-0.2, -0.15) is 0 Å². The first kappa shape index (κ1) is 18.2. The molecule has 0 aliphatic carbocycles. The summed E-state index contributed by atoms with van der Waals surface area (Å²) in [4.78, 5) is 27.0. The number of methoxy groups -OCH3 is 1. The Kier molecular flexibility index (Phi) is 5.72. The Balaban J connectivity index is 1.67. The van der Waals surface area contributed by atoms with Gasteiger partial charge in [-0.3, -0.25) is 0 Å². The summed E-state index contributed by atoms with van der Waals surface area (Å²) in [5, 5.41) is 4.72. The molecule has 6 nitrogen and oxygen atoms in total. The van der Waals surface area contributed by atoms with E-state index in [0.717, 1.165) is 4.88 Å². The van der Waals surface area contributed by atoms with Crippen molar-refractivity contribution in [2.45, 2.75) is 25.1 Å². The van der Waals surface area contributed by atoms with Crippen LogP contribution < -0.4 is 10.1 Å². The highest BCUT2D eigenvalue weighted by atomic mass is 32.1. The lowest BCUT2D eigenvalue weighted by Gasteiger charge is -2.22. The molecule has 2 atom stereocenters. The fourth-order valence-electron chi connectivity index (χ4n) is 2.86. The molecule has 138 valence electrons. The Morgan fingerprint density at radius 2 is 2.12 bits per heavy atom. The quantitative estimate of drug-likeness (QED) is 0.813. The number of benzene rings is 1. The van der Waals surface area contributed by atoms with E-state index < -0.39 is 23.9 Å². The topological polar surface area (TPSA) is 67.9 Å². The second-order valence-electron chi connectivity index (χ2n) is 5.84. The summed E-state index contributed by atoms with van der Waals surface area (Å²) in [6, 6.07) is 8.72. The number of likely N-dealkylation sites (tertiary alicyclic amines) is 1. The van der Waals surface area contributed by atoms with E-state index in [1.54, 1.807) is 12.1 Å². The van der Waals surface area contributed by atoms with Crippen molar-refractivity contribution in [2.24, 2.45) is 0 Å². The van der Waals surface area contributed by atoms with Crippen LogP contribution in [0.4, 0.5) is 9.18 Å². The average molecular weight is 378 g/mol. The number of nitrogens with one attached hydrogen (secondary N) is 1. The van der Waals surface area contributed by atoms with Crippen LogP contribution in [0.15, 0.2) is 41.8 Å². The molecule has 0 bridgehead atoms. The molecule has 8 heteroatoms. The molecule has 1 aromatic heterocycles. The number of esters is 1. The number of nitrogens with zero attached hydrogens (tertiary/aromatic N) is 1. The Hall–Kier alpha value is -2.61. The maximum Gasteiger partial charge on any atom is 0.328 e. The molecule has 0 saturated carbocycles. The van der Waals surface area contributed by atoms with E-state index in [1.807, 2.05) is 17.5 Å². The van der Waals surface area contributed by atoms with Crippen LogP contribution in [0.3, 0.4) is 0 Å². The predicted molar refractivity (Wildman–Crippen MR) is 94.5 cm³/mol. The standard InChI is InChI=1S/C18H19FN2O4S/c1-24-17(22)15-9-12(25-16-7-3-2-6-14(16)19)11-21(15)18(23)20-10-13-5-4-8-26-13/h2-8,12,15H,9-11H2,1H3,(H,20,23)/t12-,15-/m1/s1. The first-order chi connectivity index (χ1) is 12.6. The van der Waals surface area contributed by atoms with Crippen molar-refractivity contribution in [3.63, 3.8) is 0 Å². The number of carbonyl (C=O) groups excluding carboxylic acids is 2. The van der Waals surface area contributed by atoms with Crippen molar-refractivity contribution in [1.29, 1.82) is 0 Å². The molecule has 2 amide bonds. The van der Waals surface area contributed by atoms with Crippen LogP contribution in [0.1, 0.15) is 11.3 Å². The highest BCUT2D eigenvalue weighted by Crippen LogP contribution is 2.25. The number of carbonyl (C=O) groups is 2.